The molecular formula is C15H16N2O5S. The number of rotatable bonds is 3. The molecule has 7 nitrogen and oxygen atoms in total. The number of pyridine rings is 1. The van der Waals surface area contributed by atoms with Crippen LogP contribution in [0.25, 0.3) is 10.9 Å². The molecule has 1 aliphatic rings. The van der Waals surface area contributed by atoms with Crippen LogP contribution < -0.4 is 15.5 Å². The number of fused-ring (bicyclic) bond motifs is 1. The van der Waals surface area contributed by atoms with Gasteiger partial charge in [0.2, 0.25) is 5.43 Å². The van der Waals surface area contributed by atoms with Crippen molar-refractivity contribution in [3.63, 3.8) is 0 Å². The summed E-state index contributed by atoms with van der Waals surface area (Å²) in [5.41, 5.74) is 0.0473. The molecule has 8 heteroatoms. The second kappa shape index (κ2) is 5.69. The van der Waals surface area contributed by atoms with Gasteiger partial charge in [-0.2, -0.15) is 0 Å². The number of carbonyl (C=O) groups excluding carboxylic acids is 1. The zero-order valence-electron chi connectivity index (χ0n) is 12.5. The predicted molar refractivity (Wildman–Crippen MR) is 85.6 cm³/mol. The lowest BCUT2D eigenvalue weighted by Crippen LogP contribution is -2.38. The van der Waals surface area contributed by atoms with E-state index >= 15 is 0 Å². The van der Waals surface area contributed by atoms with Crippen LogP contribution in [0.4, 0.5) is 0 Å². The van der Waals surface area contributed by atoms with Gasteiger partial charge in [0.15, 0.2) is 9.84 Å². The summed E-state index contributed by atoms with van der Waals surface area (Å²) < 4.78 is 28.1. The Morgan fingerprint density at radius 3 is 2.83 bits per heavy atom. The molecule has 1 aliphatic heterocycles. The molecule has 0 bridgehead atoms. The maximum absolute atomic E-state index is 12.5. The number of benzene rings is 1. The minimum Gasteiger partial charge on any atom is -0.495 e. The Bertz CT molecular complexity index is 933. The van der Waals surface area contributed by atoms with Crippen LogP contribution in [0.2, 0.25) is 0 Å². The molecule has 0 spiro atoms. The first-order valence-electron chi connectivity index (χ1n) is 7.11. The van der Waals surface area contributed by atoms with Gasteiger partial charge in [-0.1, -0.05) is 6.07 Å². The molecular weight excluding hydrogens is 320 g/mol. The van der Waals surface area contributed by atoms with Gasteiger partial charge in [-0.05, 0) is 18.6 Å². The van der Waals surface area contributed by atoms with E-state index in [9.17, 15) is 18.0 Å². The van der Waals surface area contributed by atoms with Crippen molar-refractivity contribution in [3.05, 3.63) is 40.2 Å². The molecule has 1 amide bonds. The van der Waals surface area contributed by atoms with E-state index in [0.29, 0.717) is 23.1 Å². The summed E-state index contributed by atoms with van der Waals surface area (Å²) in [4.78, 5) is 27.7. The van der Waals surface area contributed by atoms with Crippen LogP contribution in [0.1, 0.15) is 16.8 Å². The van der Waals surface area contributed by atoms with Crippen LogP contribution in [0, 0.1) is 0 Å². The van der Waals surface area contributed by atoms with Crippen LogP contribution in [0.15, 0.2) is 29.2 Å². The average Bonchev–Trinajstić information content (AvgIpc) is 2.85. The van der Waals surface area contributed by atoms with Crippen molar-refractivity contribution in [2.24, 2.45) is 0 Å². The number of sulfone groups is 1. The van der Waals surface area contributed by atoms with Crippen molar-refractivity contribution < 1.29 is 17.9 Å². The molecule has 1 fully saturated rings. The Labute approximate surface area is 132 Å². The van der Waals surface area contributed by atoms with Crippen molar-refractivity contribution in [1.29, 1.82) is 0 Å². The largest absolute Gasteiger partial charge is 0.495 e. The molecule has 0 unspecified atom stereocenters. The van der Waals surface area contributed by atoms with E-state index in [1.165, 1.54) is 13.3 Å². The number of hydrogen-bond acceptors (Lipinski definition) is 5. The summed E-state index contributed by atoms with van der Waals surface area (Å²) in [6.45, 7) is 0. The topological polar surface area (TPSA) is 105 Å². The minimum absolute atomic E-state index is 0.0462. The molecule has 2 heterocycles. The molecule has 0 aliphatic carbocycles. The Balaban J connectivity index is 1.93. The number of para-hydroxylation sites is 1. The zero-order valence-corrected chi connectivity index (χ0v) is 13.3. The Hall–Kier alpha value is -2.35. The van der Waals surface area contributed by atoms with Gasteiger partial charge in [0.1, 0.15) is 11.3 Å². The van der Waals surface area contributed by atoms with Gasteiger partial charge in [-0.25, -0.2) is 8.42 Å². The molecule has 3 rings (SSSR count). The third kappa shape index (κ3) is 2.94. The highest BCUT2D eigenvalue weighted by atomic mass is 32.2. The van der Waals surface area contributed by atoms with E-state index in [2.05, 4.69) is 10.3 Å². The maximum Gasteiger partial charge on any atom is 0.257 e. The summed E-state index contributed by atoms with van der Waals surface area (Å²) in [6, 6.07) is 4.53. The lowest BCUT2D eigenvalue weighted by atomic mass is 10.1. The van der Waals surface area contributed by atoms with Gasteiger partial charge in [0.25, 0.3) is 5.91 Å². The number of aromatic amines is 1. The number of ether oxygens (including phenoxy) is 1. The Morgan fingerprint density at radius 2 is 2.17 bits per heavy atom. The molecule has 1 atom stereocenters. The van der Waals surface area contributed by atoms with Crippen LogP contribution in [-0.2, 0) is 9.84 Å². The second-order valence-corrected chi connectivity index (χ2v) is 7.72. The number of methoxy groups -OCH3 is 1. The molecule has 0 radical (unpaired) electrons. The van der Waals surface area contributed by atoms with Crippen LogP contribution in [0.3, 0.4) is 0 Å². The monoisotopic (exact) mass is 336 g/mol. The summed E-state index contributed by atoms with van der Waals surface area (Å²) in [7, 11) is -1.60. The Kier molecular flexibility index (Phi) is 3.85. The number of nitrogens with one attached hydrogen (secondary N) is 2. The summed E-state index contributed by atoms with van der Waals surface area (Å²) >= 11 is 0. The molecule has 1 aromatic carbocycles. The van der Waals surface area contributed by atoms with Crippen LogP contribution in [0.5, 0.6) is 5.75 Å². The smallest absolute Gasteiger partial charge is 0.257 e. The summed E-state index contributed by atoms with van der Waals surface area (Å²) in [6.07, 6.45) is 1.69. The quantitative estimate of drug-likeness (QED) is 0.847. The van der Waals surface area contributed by atoms with E-state index in [4.69, 9.17) is 4.74 Å². The van der Waals surface area contributed by atoms with Gasteiger partial charge in [0.05, 0.1) is 29.5 Å². The van der Waals surface area contributed by atoms with Crippen LogP contribution in [-0.4, -0.2) is 44.0 Å². The van der Waals surface area contributed by atoms with Crippen LogP contribution >= 0.6 is 0 Å². The van der Waals surface area contributed by atoms with Gasteiger partial charge in [-0.15, -0.1) is 0 Å². The van der Waals surface area contributed by atoms with Gasteiger partial charge in [-0.3, -0.25) is 9.59 Å². The number of hydrogen-bond donors (Lipinski definition) is 2. The van der Waals surface area contributed by atoms with E-state index in [1.807, 2.05) is 0 Å². The first kappa shape index (κ1) is 15.5. The lowest BCUT2D eigenvalue weighted by Gasteiger charge is -2.11. The molecule has 2 N–H and O–H groups in total. The summed E-state index contributed by atoms with van der Waals surface area (Å²) in [5.74, 6) is -0.0899. The highest BCUT2D eigenvalue weighted by Gasteiger charge is 2.29. The van der Waals surface area contributed by atoms with Crippen molar-refractivity contribution in [2.75, 3.05) is 18.6 Å². The van der Waals surface area contributed by atoms with E-state index in [-0.39, 0.29) is 17.1 Å². The molecule has 2 aromatic rings. The molecule has 23 heavy (non-hydrogen) atoms. The third-order valence-corrected chi connectivity index (χ3v) is 5.68. The van der Waals surface area contributed by atoms with Crippen molar-refractivity contribution in [3.8, 4) is 5.75 Å². The molecule has 1 saturated heterocycles. The standard InChI is InChI=1S/C15H16N2O5S/c1-22-12-4-2-3-10-13(12)16-7-11(14(10)18)15(19)17-9-5-6-23(20,21)8-9/h2-4,7,9H,5-6,8H2,1H3,(H,16,18)(H,17,19)/t9-/m1/s1. The highest BCUT2D eigenvalue weighted by Crippen LogP contribution is 2.21. The Morgan fingerprint density at radius 1 is 1.39 bits per heavy atom. The van der Waals surface area contributed by atoms with Gasteiger partial charge in [0, 0.05) is 12.2 Å². The van der Waals surface area contributed by atoms with Gasteiger partial charge < -0.3 is 15.0 Å². The van der Waals surface area contributed by atoms with Crippen molar-refractivity contribution in [1.82, 2.24) is 10.3 Å². The average molecular weight is 336 g/mol. The SMILES string of the molecule is COc1cccc2c(=O)c(C(=O)N[C@@H]3CCS(=O)(=O)C3)c[nH]c12. The van der Waals surface area contributed by atoms with E-state index in [0.717, 1.165) is 0 Å². The van der Waals surface area contributed by atoms with Crippen molar-refractivity contribution in [2.45, 2.75) is 12.5 Å². The highest BCUT2D eigenvalue weighted by molar-refractivity contribution is 7.91. The fourth-order valence-corrected chi connectivity index (χ4v) is 4.41. The summed E-state index contributed by atoms with van der Waals surface area (Å²) in [5, 5.41) is 2.96. The molecule has 0 saturated carbocycles. The first-order chi connectivity index (χ1) is 10.9. The molecule has 122 valence electrons. The number of carbonyl (C=O) groups is 1. The lowest BCUT2D eigenvalue weighted by molar-refractivity contribution is 0.0940. The second-order valence-electron chi connectivity index (χ2n) is 5.49. The fourth-order valence-electron chi connectivity index (χ4n) is 2.73. The molecule has 1 aromatic heterocycles. The number of amides is 1. The van der Waals surface area contributed by atoms with Gasteiger partial charge >= 0.3 is 0 Å². The minimum atomic E-state index is -3.09. The predicted octanol–water partition coefficient (Wildman–Crippen LogP) is 0.454. The maximum atomic E-state index is 12.5. The van der Waals surface area contributed by atoms with E-state index < -0.39 is 27.2 Å². The first-order valence-corrected chi connectivity index (χ1v) is 8.93. The van der Waals surface area contributed by atoms with Crippen molar-refractivity contribution >= 4 is 26.6 Å². The normalized spacial score (nSPS) is 19.6. The zero-order chi connectivity index (χ0) is 16.6. The fraction of sp³-hybridized carbons (Fsp3) is 0.333. The number of aromatic nitrogens is 1. The number of H-pyrrole nitrogens is 1. The van der Waals surface area contributed by atoms with E-state index in [1.54, 1.807) is 18.2 Å². The third-order valence-electron chi connectivity index (χ3n) is 3.91.